The first-order chi connectivity index (χ1) is 24.7. The number of ketones is 1. The summed E-state index contributed by atoms with van der Waals surface area (Å²) in [7, 11) is 1.16. The monoisotopic (exact) mass is 718 g/mol. The van der Waals surface area contributed by atoms with Crippen LogP contribution in [0.3, 0.4) is 0 Å². The minimum absolute atomic E-state index is 0.0891. The molecule has 266 valence electrons. The minimum atomic E-state index is -0.852. The van der Waals surface area contributed by atoms with Gasteiger partial charge in [0.1, 0.15) is 11.3 Å². The van der Waals surface area contributed by atoms with Crippen molar-refractivity contribution in [2.75, 3.05) is 69.5 Å². The van der Waals surface area contributed by atoms with E-state index in [0.29, 0.717) is 43.5 Å². The van der Waals surface area contributed by atoms with E-state index in [1.807, 2.05) is 30.3 Å². The van der Waals surface area contributed by atoms with Gasteiger partial charge in [-0.25, -0.2) is 14.8 Å². The molecule has 0 aliphatic carbocycles. The van der Waals surface area contributed by atoms with Gasteiger partial charge in [0, 0.05) is 50.0 Å². The molecule has 15 nitrogen and oxygen atoms in total. The van der Waals surface area contributed by atoms with E-state index in [2.05, 4.69) is 24.5 Å². The Morgan fingerprint density at radius 2 is 1.25 bits per heavy atom. The van der Waals surface area contributed by atoms with Crippen LogP contribution < -0.4 is 20.9 Å². The molecule has 0 atom stereocenters. The van der Waals surface area contributed by atoms with Crippen molar-refractivity contribution < 1.29 is 34.0 Å². The van der Waals surface area contributed by atoms with Crippen molar-refractivity contribution in [1.82, 2.24) is 18.8 Å². The second-order valence-electron chi connectivity index (χ2n) is 11.7. The van der Waals surface area contributed by atoms with Crippen molar-refractivity contribution in [3.8, 4) is 11.5 Å². The number of aromatic hydroxyl groups is 2. The molecule has 0 bridgehead atoms. The summed E-state index contributed by atoms with van der Waals surface area (Å²) in [5, 5.41) is 20.8. The normalized spacial score (nSPS) is 14.6. The van der Waals surface area contributed by atoms with Gasteiger partial charge in [0.15, 0.2) is 17.2 Å². The number of pyridine rings is 2. The summed E-state index contributed by atoms with van der Waals surface area (Å²) in [6.07, 6.45) is 3.71. The molecule has 0 unspecified atom stereocenters. The summed E-state index contributed by atoms with van der Waals surface area (Å²) >= 11 is 6.13. The number of hydrogen-bond acceptors (Lipinski definition) is 13. The summed E-state index contributed by atoms with van der Waals surface area (Å²) in [6.45, 7) is 5.37. The number of hydrogen-bond donors (Lipinski definition) is 2. The van der Waals surface area contributed by atoms with Crippen LogP contribution in [0, 0.1) is 0 Å². The molecule has 2 aliphatic heterocycles. The molecule has 0 amide bonds. The molecule has 2 N–H and O–H groups in total. The second kappa shape index (κ2) is 15.6. The highest BCUT2D eigenvalue weighted by molar-refractivity contribution is 6.31. The van der Waals surface area contributed by atoms with E-state index in [1.54, 1.807) is 30.6 Å². The molecule has 6 heterocycles. The van der Waals surface area contributed by atoms with Gasteiger partial charge in [0.05, 0.1) is 44.9 Å². The highest BCUT2D eigenvalue weighted by Gasteiger charge is 2.22. The van der Waals surface area contributed by atoms with E-state index >= 15 is 0 Å². The Morgan fingerprint density at radius 3 is 1.76 bits per heavy atom. The Bertz CT molecular complexity index is 2210. The maximum absolute atomic E-state index is 12.7. The molecule has 51 heavy (non-hydrogen) atoms. The van der Waals surface area contributed by atoms with Crippen LogP contribution in [-0.4, -0.2) is 100 Å². The van der Waals surface area contributed by atoms with E-state index in [1.165, 1.54) is 8.80 Å². The van der Waals surface area contributed by atoms with Crippen molar-refractivity contribution in [3.05, 3.63) is 104 Å². The number of carbonyl (C=O) groups excluding carboxylic acids is 2. The number of ether oxygens (including phenoxy) is 3. The van der Waals surface area contributed by atoms with Gasteiger partial charge in [-0.05, 0) is 42.3 Å². The molecule has 7 rings (SSSR count). The number of esters is 1. The minimum Gasteiger partial charge on any atom is -0.501 e. The fourth-order valence-electron chi connectivity index (χ4n) is 5.76. The number of benzene rings is 1. The average Bonchev–Trinajstić information content (AvgIpc) is 3.17. The number of aryl methyl sites for hydroxylation is 1. The third kappa shape index (κ3) is 7.65. The first kappa shape index (κ1) is 35.3. The van der Waals surface area contributed by atoms with Crippen molar-refractivity contribution in [3.63, 3.8) is 0 Å². The Balaban J connectivity index is 0.000000183. The zero-order chi connectivity index (χ0) is 36.1. The Morgan fingerprint density at radius 1 is 0.765 bits per heavy atom. The summed E-state index contributed by atoms with van der Waals surface area (Å²) in [5.41, 5.74) is 1.10. The maximum atomic E-state index is 12.7. The number of aromatic nitrogens is 4. The van der Waals surface area contributed by atoms with Gasteiger partial charge >= 0.3 is 17.1 Å². The summed E-state index contributed by atoms with van der Waals surface area (Å²) in [5.74, 6) is -2.61. The van der Waals surface area contributed by atoms with Crippen LogP contribution in [0.25, 0.3) is 11.3 Å². The number of morpholine rings is 2. The molecule has 2 aliphatic rings. The molecule has 1 aromatic carbocycles. The number of rotatable bonds is 7. The lowest BCUT2D eigenvalue weighted by Crippen LogP contribution is -2.36. The van der Waals surface area contributed by atoms with Gasteiger partial charge in [0.2, 0.25) is 11.5 Å². The lowest BCUT2D eigenvalue weighted by Gasteiger charge is -2.28. The second-order valence-corrected chi connectivity index (χ2v) is 12.1. The number of nitrogens with zero attached hydrogens (tertiary/aromatic N) is 6. The SMILES string of the molecule is COC(=O)c1nc2ccc(N3CCOCC3)cn2c(=O)c1O.O=C(CCc1ccccc1Cl)c1nc2ccc(N3CCOCC3)cn2c(=O)c1O. The van der Waals surface area contributed by atoms with E-state index in [4.69, 9.17) is 21.1 Å². The Kier molecular flexibility index (Phi) is 10.8. The van der Waals surface area contributed by atoms with Crippen molar-refractivity contribution in [2.45, 2.75) is 12.8 Å². The predicted molar refractivity (Wildman–Crippen MR) is 188 cm³/mol. The third-order valence-electron chi connectivity index (χ3n) is 8.54. The fourth-order valence-corrected chi connectivity index (χ4v) is 5.99. The van der Waals surface area contributed by atoms with Crippen LogP contribution in [0.5, 0.6) is 11.5 Å². The molecule has 0 spiro atoms. The molecule has 2 saturated heterocycles. The van der Waals surface area contributed by atoms with Gasteiger partial charge in [0.25, 0.3) is 0 Å². The van der Waals surface area contributed by atoms with Crippen LogP contribution in [0.4, 0.5) is 11.4 Å². The number of carbonyl (C=O) groups is 2. The van der Waals surface area contributed by atoms with Crippen LogP contribution in [0.1, 0.15) is 33.0 Å². The maximum Gasteiger partial charge on any atom is 0.360 e. The van der Waals surface area contributed by atoms with Crippen molar-refractivity contribution in [2.24, 2.45) is 0 Å². The van der Waals surface area contributed by atoms with Crippen LogP contribution in [0.2, 0.25) is 5.02 Å². The van der Waals surface area contributed by atoms with Crippen LogP contribution in [0.15, 0.2) is 70.5 Å². The predicted octanol–water partition coefficient (Wildman–Crippen LogP) is 2.73. The number of Topliss-reactive ketones (excluding diaryl/α,β-unsaturated/α-hetero) is 1. The number of fused-ring (bicyclic) bond motifs is 2. The van der Waals surface area contributed by atoms with E-state index in [-0.39, 0.29) is 23.5 Å². The Labute approximate surface area is 295 Å². The number of anilines is 2. The quantitative estimate of drug-likeness (QED) is 0.186. The zero-order valence-corrected chi connectivity index (χ0v) is 28.4. The fraction of sp³-hybridized carbons (Fsp3) is 0.314. The highest BCUT2D eigenvalue weighted by Crippen LogP contribution is 2.22. The third-order valence-corrected chi connectivity index (χ3v) is 8.91. The molecule has 16 heteroatoms. The highest BCUT2D eigenvalue weighted by atomic mass is 35.5. The van der Waals surface area contributed by atoms with Crippen molar-refractivity contribution in [1.29, 1.82) is 0 Å². The number of halogens is 1. The summed E-state index contributed by atoms with van der Waals surface area (Å²) in [4.78, 5) is 61.4. The van der Waals surface area contributed by atoms with E-state index in [0.717, 1.165) is 50.2 Å². The standard InChI is InChI=1S/C21H20ClN3O4.C14H15N3O5/c22-16-4-2-1-3-14(16)5-7-17(26)19-20(27)21(28)25-13-15(6-8-18(25)23-19)24-9-11-29-12-10-24;1-21-14(20)11-12(18)13(19)17-8-9(2-3-10(17)15-11)16-4-6-22-7-5-16/h1-4,6,8,13,27H,5,7,9-12H2;2-3,8,18H,4-7H2,1H3. The largest absolute Gasteiger partial charge is 0.501 e. The number of methoxy groups -OCH3 is 1. The zero-order valence-electron chi connectivity index (χ0n) is 27.7. The van der Waals surface area contributed by atoms with Crippen molar-refractivity contribution >= 4 is 46.0 Å². The molecular formula is C35H35ClN6O9. The van der Waals surface area contributed by atoms with Gasteiger partial charge in [-0.3, -0.25) is 23.2 Å². The Hall–Kier alpha value is -5.51. The first-order valence-electron chi connectivity index (χ1n) is 16.2. The van der Waals surface area contributed by atoms with Gasteiger partial charge < -0.3 is 34.2 Å². The molecular weight excluding hydrogens is 684 g/mol. The van der Waals surface area contributed by atoms with Gasteiger partial charge in [-0.2, -0.15) is 0 Å². The van der Waals surface area contributed by atoms with E-state index < -0.39 is 34.4 Å². The molecule has 0 radical (unpaired) electrons. The lowest BCUT2D eigenvalue weighted by atomic mass is 10.1. The molecule has 2 fully saturated rings. The molecule has 4 aromatic heterocycles. The summed E-state index contributed by atoms with van der Waals surface area (Å²) < 4.78 is 17.6. The molecule has 0 saturated carbocycles. The van der Waals surface area contributed by atoms with Crippen LogP contribution in [-0.2, 0) is 20.6 Å². The van der Waals surface area contributed by atoms with E-state index in [9.17, 15) is 29.4 Å². The van der Waals surface area contributed by atoms with Crippen LogP contribution >= 0.6 is 11.6 Å². The lowest BCUT2D eigenvalue weighted by molar-refractivity contribution is 0.0590. The smallest absolute Gasteiger partial charge is 0.360 e. The van der Waals surface area contributed by atoms with Gasteiger partial charge in [-0.15, -0.1) is 0 Å². The average molecular weight is 719 g/mol. The summed E-state index contributed by atoms with van der Waals surface area (Å²) in [6, 6.07) is 14.2. The van der Waals surface area contributed by atoms with Gasteiger partial charge in [-0.1, -0.05) is 29.8 Å². The first-order valence-corrected chi connectivity index (χ1v) is 16.5. The molecule has 5 aromatic rings. The topological polar surface area (TPSA) is 178 Å².